The molecule has 1 nitrogen and oxygen atoms in total. The summed E-state index contributed by atoms with van der Waals surface area (Å²) in [4.78, 5) is 0. The fraction of sp³-hybridized carbons (Fsp3) is 0.429. The average Bonchev–Trinajstić information content (AvgIpc) is 2.60. The van der Waals surface area contributed by atoms with Gasteiger partial charge in [0, 0.05) is 5.56 Å². The van der Waals surface area contributed by atoms with Crippen LogP contribution in [0.5, 0.6) is 0 Å². The number of nitrogens with two attached hydrogens (primary N) is 1. The highest BCUT2D eigenvalue weighted by molar-refractivity contribution is 6.30. The van der Waals surface area contributed by atoms with Crippen molar-refractivity contribution in [2.45, 2.75) is 38.1 Å². The summed E-state index contributed by atoms with van der Waals surface area (Å²) in [6.45, 7) is 0. The van der Waals surface area contributed by atoms with Crippen LogP contribution in [0.2, 0.25) is 5.02 Å². The molecule has 0 spiro atoms. The fourth-order valence-corrected chi connectivity index (χ4v) is 2.46. The molecule has 2 rings (SSSR count). The monoisotopic (exact) mass is 253 g/mol. The zero-order valence-electron chi connectivity index (χ0n) is 9.76. The van der Waals surface area contributed by atoms with Crippen LogP contribution in [0.1, 0.15) is 43.7 Å². The Morgan fingerprint density at radius 3 is 2.88 bits per heavy atom. The first kappa shape index (κ1) is 12.6. The van der Waals surface area contributed by atoms with Crippen LogP contribution in [0, 0.1) is 5.82 Å². The normalized spacial score (nSPS) is 18.4. The Balaban J connectivity index is 2.26. The van der Waals surface area contributed by atoms with Crippen molar-refractivity contribution in [2.75, 3.05) is 0 Å². The van der Waals surface area contributed by atoms with E-state index in [0.717, 1.165) is 24.8 Å². The minimum atomic E-state index is -0.383. The molecule has 0 saturated carbocycles. The third-order valence-electron chi connectivity index (χ3n) is 3.29. The molecule has 1 aliphatic carbocycles. The highest BCUT2D eigenvalue weighted by Crippen LogP contribution is 2.30. The van der Waals surface area contributed by atoms with Crippen LogP contribution < -0.4 is 5.73 Å². The van der Waals surface area contributed by atoms with Crippen molar-refractivity contribution in [2.24, 2.45) is 5.73 Å². The van der Waals surface area contributed by atoms with Crippen molar-refractivity contribution in [1.29, 1.82) is 0 Å². The lowest BCUT2D eigenvalue weighted by atomic mass is 9.95. The van der Waals surface area contributed by atoms with Gasteiger partial charge in [0.15, 0.2) is 0 Å². The van der Waals surface area contributed by atoms with Crippen molar-refractivity contribution in [3.8, 4) is 0 Å². The number of hydrogen-bond acceptors (Lipinski definition) is 1. The largest absolute Gasteiger partial charge is 0.320 e. The van der Waals surface area contributed by atoms with E-state index < -0.39 is 0 Å². The maximum absolute atomic E-state index is 13.9. The fourth-order valence-electron chi connectivity index (χ4n) is 2.28. The van der Waals surface area contributed by atoms with Gasteiger partial charge < -0.3 is 5.73 Å². The van der Waals surface area contributed by atoms with Gasteiger partial charge >= 0.3 is 0 Å². The quantitative estimate of drug-likeness (QED) is 0.779. The first-order valence-electron chi connectivity index (χ1n) is 6.08. The molecule has 0 bridgehead atoms. The second kappa shape index (κ2) is 5.65. The van der Waals surface area contributed by atoms with Crippen LogP contribution in [0.25, 0.3) is 0 Å². The van der Waals surface area contributed by atoms with Crippen molar-refractivity contribution in [3.05, 3.63) is 46.3 Å². The Labute approximate surface area is 106 Å². The summed E-state index contributed by atoms with van der Waals surface area (Å²) < 4.78 is 13.9. The molecular weight excluding hydrogens is 237 g/mol. The summed E-state index contributed by atoms with van der Waals surface area (Å²) in [6.07, 6.45) is 7.75. The summed E-state index contributed by atoms with van der Waals surface area (Å²) in [5, 5.41) is 0.146. The summed E-state index contributed by atoms with van der Waals surface area (Å²) >= 11 is 5.78. The number of halogens is 2. The minimum Gasteiger partial charge on any atom is -0.320 e. The topological polar surface area (TPSA) is 26.0 Å². The van der Waals surface area contributed by atoms with Crippen LogP contribution in [-0.4, -0.2) is 0 Å². The molecule has 1 aromatic carbocycles. The molecule has 0 aliphatic heterocycles. The Kier molecular flexibility index (Phi) is 4.19. The molecule has 1 aromatic rings. The van der Waals surface area contributed by atoms with Gasteiger partial charge in [0.1, 0.15) is 5.82 Å². The van der Waals surface area contributed by atoms with Gasteiger partial charge in [0.25, 0.3) is 0 Å². The first-order chi connectivity index (χ1) is 8.20. The van der Waals surface area contributed by atoms with E-state index in [1.54, 1.807) is 18.2 Å². The highest BCUT2D eigenvalue weighted by atomic mass is 35.5. The second-order valence-electron chi connectivity index (χ2n) is 4.50. The van der Waals surface area contributed by atoms with E-state index in [9.17, 15) is 4.39 Å². The van der Waals surface area contributed by atoms with E-state index >= 15 is 0 Å². The molecule has 0 heterocycles. The van der Waals surface area contributed by atoms with Crippen LogP contribution in [0.4, 0.5) is 4.39 Å². The summed E-state index contributed by atoms with van der Waals surface area (Å²) in [5.41, 5.74) is 7.79. The van der Waals surface area contributed by atoms with Gasteiger partial charge in [0.2, 0.25) is 0 Å². The molecule has 1 unspecified atom stereocenters. The Bertz CT molecular complexity index is 428. The molecule has 0 radical (unpaired) electrons. The van der Waals surface area contributed by atoms with Gasteiger partial charge in [-0.1, -0.05) is 41.8 Å². The van der Waals surface area contributed by atoms with E-state index in [0.29, 0.717) is 5.56 Å². The number of benzene rings is 1. The Morgan fingerprint density at radius 2 is 2.06 bits per heavy atom. The van der Waals surface area contributed by atoms with Crippen LogP contribution in [-0.2, 0) is 0 Å². The predicted molar refractivity (Wildman–Crippen MR) is 69.5 cm³/mol. The third-order valence-corrected chi connectivity index (χ3v) is 3.58. The van der Waals surface area contributed by atoms with Crippen molar-refractivity contribution >= 4 is 11.6 Å². The standard InChI is InChI=1S/C14H17ClFN/c15-12-9-5-8-11(13(12)16)14(17)10-6-3-1-2-4-7-10/h5-6,8-9,14H,1-4,7,17H2. The maximum Gasteiger partial charge on any atom is 0.146 e. The molecule has 0 aromatic heterocycles. The Hall–Kier alpha value is -0.860. The van der Waals surface area contributed by atoms with Crippen molar-refractivity contribution in [1.82, 2.24) is 0 Å². The summed E-state index contributed by atoms with van der Waals surface area (Å²) in [7, 11) is 0. The molecule has 0 fully saturated rings. The summed E-state index contributed by atoms with van der Waals surface area (Å²) in [5.74, 6) is -0.383. The molecule has 1 aliphatic rings. The summed E-state index contributed by atoms with van der Waals surface area (Å²) in [6, 6.07) is 4.66. The number of hydrogen-bond donors (Lipinski definition) is 1. The molecule has 17 heavy (non-hydrogen) atoms. The van der Waals surface area contributed by atoms with Crippen LogP contribution in [0.15, 0.2) is 29.8 Å². The predicted octanol–water partition coefficient (Wildman–Crippen LogP) is 4.37. The number of allylic oxidation sites excluding steroid dienone is 1. The van der Waals surface area contributed by atoms with E-state index in [4.69, 9.17) is 17.3 Å². The first-order valence-corrected chi connectivity index (χ1v) is 6.46. The zero-order chi connectivity index (χ0) is 12.3. The van der Waals surface area contributed by atoms with Crippen LogP contribution in [0.3, 0.4) is 0 Å². The highest BCUT2D eigenvalue weighted by Gasteiger charge is 2.18. The third kappa shape index (κ3) is 2.88. The van der Waals surface area contributed by atoms with Gasteiger partial charge in [-0.15, -0.1) is 0 Å². The van der Waals surface area contributed by atoms with Crippen molar-refractivity contribution in [3.63, 3.8) is 0 Å². The molecule has 3 heteroatoms. The van der Waals surface area contributed by atoms with E-state index in [-0.39, 0.29) is 16.9 Å². The maximum atomic E-state index is 13.9. The second-order valence-corrected chi connectivity index (χ2v) is 4.91. The zero-order valence-corrected chi connectivity index (χ0v) is 10.5. The van der Waals surface area contributed by atoms with E-state index in [1.165, 1.54) is 12.8 Å². The lowest BCUT2D eigenvalue weighted by molar-refractivity contribution is 0.592. The lowest BCUT2D eigenvalue weighted by Gasteiger charge is -2.17. The van der Waals surface area contributed by atoms with E-state index in [2.05, 4.69) is 6.08 Å². The van der Waals surface area contributed by atoms with Gasteiger partial charge in [-0.2, -0.15) is 0 Å². The Morgan fingerprint density at radius 1 is 1.24 bits per heavy atom. The van der Waals surface area contributed by atoms with Crippen LogP contribution >= 0.6 is 11.6 Å². The average molecular weight is 254 g/mol. The molecule has 92 valence electrons. The van der Waals surface area contributed by atoms with E-state index in [1.807, 2.05) is 0 Å². The van der Waals surface area contributed by atoms with Gasteiger partial charge in [-0.05, 0) is 31.7 Å². The molecule has 0 amide bonds. The lowest BCUT2D eigenvalue weighted by Crippen LogP contribution is -2.15. The smallest absolute Gasteiger partial charge is 0.146 e. The van der Waals surface area contributed by atoms with Crippen molar-refractivity contribution < 1.29 is 4.39 Å². The molecule has 2 N–H and O–H groups in total. The molecule has 1 atom stereocenters. The molecule has 0 saturated heterocycles. The van der Waals surface area contributed by atoms with Gasteiger partial charge in [-0.3, -0.25) is 0 Å². The number of rotatable bonds is 2. The van der Waals surface area contributed by atoms with Gasteiger partial charge in [0.05, 0.1) is 11.1 Å². The minimum absolute atomic E-state index is 0.146. The molecular formula is C14H17ClFN. The van der Waals surface area contributed by atoms with Gasteiger partial charge in [-0.25, -0.2) is 4.39 Å². The SMILES string of the molecule is NC(C1=CCCCCC1)c1cccc(Cl)c1F.